The number of nitrogens with one attached hydrogen (secondary N) is 3. The second-order valence-corrected chi connectivity index (χ2v) is 11.1. The molecule has 216 valence electrons. The van der Waals surface area contributed by atoms with Crippen molar-refractivity contribution >= 4 is 67.9 Å². The minimum atomic E-state index is -0.624. The summed E-state index contributed by atoms with van der Waals surface area (Å²) in [6.07, 6.45) is 1.29. The maximum absolute atomic E-state index is 14.3. The van der Waals surface area contributed by atoms with Crippen molar-refractivity contribution in [2.75, 3.05) is 23.5 Å². The zero-order valence-electron chi connectivity index (χ0n) is 22.8. The highest BCUT2D eigenvalue weighted by Gasteiger charge is 2.16. The quantitative estimate of drug-likeness (QED) is 0.121. The monoisotopic (exact) mass is 612 g/mol. The second-order valence-electron chi connectivity index (χ2n) is 9.07. The van der Waals surface area contributed by atoms with Crippen LogP contribution in [0.4, 0.5) is 15.2 Å². The minimum absolute atomic E-state index is 0.123. The van der Waals surface area contributed by atoms with Crippen LogP contribution in [-0.2, 0) is 9.59 Å². The Balaban J connectivity index is 1.21. The Morgan fingerprint density at radius 2 is 1.67 bits per heavy atom. The van der Waals surface area contributed by atoms with Crippen molar-refractivity contribution in [1.29, 1.82) is 0 Å². The third-order valence-electron chi connectivity index (χ3n) is 6.06. The number of thioether (sulfide) groups is 1. The largest absolute Gasteiger partial charge is 0.497 e. The molecule has 0 aliphatic rings. The molecule has 11 heteroatoms. The molecule has 0 aliphatic carbocycles. The van der Waals surface area contributed by atoms with Crippen LogP contribution in [0.5, 0.6) is 5.75 Å². The van der Waals surface area contributed by atoms with E-state index < -0.39 is 17.6 Å². The summed E-state index contributed by atoms with van der Waals surface area (Å²) in [5.41, 5.74) is 1.61. The second kappa shape index (κ2) is 13.8. The highest BCUT2D eigenvalue weighted by molar-refractivity contribution is 8.00. The number of methoxy groups -OCH3 is 1. The summed E-state index contributed by atoms with van der Waals surface area (Å²) in [4.78, 5) is 43.7. The van der Waals surface area contributed by atoms with Crippen molar-refractivity contribution < 1.29 is 23.5 Å². The van der Waals surface area contributed by atoms with Crippen LogP contribution < -0.4 is 20.7 Å². The van der Waals surface area contributed by atoms with Gasteiger partial charge in [0.1, 0.15) is 17.3 Å². The number of benzene rings is 4. The number of fused-ring (bicyclic) bond motifs is 1. The predicted octanol–water partition coefficient (Wildman–Crippen LogP) is 6.58. The van der Waals surface area contributed by atoms with Gasteiger partial charge in [-0.2, -0.15) is 0 Å². The lowest BCUT2D eigenvalue weighted by atomic mass is 10.1. The number of amides is 3. The molecule has 43 heavy (non-hydrogen) atoms. The van der Waals surface area contributed by atoms with Gasteiger partial charge in [-0.3, -0.25) is 14.4 Å². The summed E-state index contributed by atoms with van der Waals surface area (Å²) in [5, 5.41) is 8.65. The molecule has 5 aromatic rings. The number of halogens is 1. The molecule has 0 saturated carbocycles. The van der Waals surface area contributed by atoms with E-state index in [9.17, 15) is 18.8 Å². The Morgan fingerprint density at radius 1 is 0.930 bits per heavy atom. The van der Waals surface area contributed by atoms with Crippen LogP contribution in [0.3, 0.4) is 0 Å². The van der Waals surface area contributed by atoms with Crippen molar-refractivity contribution in [2.24, 2.45) is 0 Å². The number of ether oxygens (including phenoxy) is 1. The number of carbonyl (C=O) groups excluding carboxylic acids is 3. The molecule has 0 fully saturated rings. The number of aromatic nitrogens is 1. The molecule has 0 bridgehead atoms. The summed E-state index contributed by atoms with van der Waals surface area (Å²) < 4.78 is 20.5. The first-order valence-corrected chi connectivity index (χ1v) is 14.8. The lowest BCUT2D eigenvalue weighted by molar-refractivity contribution is -0.114. The number of thiazole rings is 1. The number of anilines is 2. The van der Waals surface area contributed by atoms with Gasteiger partial charge in [0.15, 0.2) is 5.13 Å². The number of nitrogens with zero attached hydrogens (tertiary/aromatic N) is 1. The fourth-order valence-corrected chi connectivity index (χ4v) is 5.52. The first-order valence-electron chi connectivity index (χ1n) is 13.0. The zero-order chi connectivity index (χ0) is 30.2. The lowest BCUT2D eigenvalue weighted by Gasteiger charge is -2.12. The normalized spacial score (nSPS) is 11.2. The van der Waals surface area contributed by atoms with Gasteiger partial charge in [-0.05, 0) is 66.7 Å². The van der Waals surface area contributed by atoms with Crippen LogP contribution in [0.2, 0.25) is 0 Å². The summed E-state index contributed by atoms with van der Waals surface area (Å²) in [6, 6.07) is 26.8. The van der Waals surface area contributed by atoms with Crippen molar-refractivity contribution in [3.8, 4) is 5.75 Å². The third-order valence-corrected chi connectivity index (χ3v) is 8.00. The fourth-order valence-electron chi connectivity index (χ4n) is 3.91. The number of carbonyl (C=O) groups is 3. The molecule has 0 aliphatic heterocycles. The molecule has 0 atom stereocenters. The number of hydrogen-bond donors (Lipinski definition) is 3. The van der Waals surface area contributed by atoms with E-state index in [0.717, 1.165) is 20.9 Å². The predicted molar refractivity (Wildman–Crippen MR) is 169 cm³/mol. The topological polar surface area (TPSA) is 109 Å². The van der Waals surface area contributed by atoms with E-state index in [0.29, 0.717) is 16.4 Å². The van der Waals surface area contributed by atoms with Crippen molar-refractivity contribution in [2.45, 2.75) is 4.90 Å². The van der Waals surface area contributed by atoms with Gasteiger partial charge in [-0.25, -0.2) is 9.37 Å². The molecular weight excluding hydrogens is 588 g/mol. The van der Waals surface area contributed by atoms with Crippen LogP contribution in [0, 0.1) is 5.82 Å². The van der Waals surface area contributed by atoms with Gasteiger partial charge in [0, 0.05) is 21.7 Å². The first kappa shape index (κ1) is 29.5. The van der Waals surface area contributed by atoms with Gasteiger partial charge in [-0.1, -0.05) is 47.7 Å². The SMILES string of the molecule is COc1ccc2nc(NC(=O)CSc3ccc(NC(=O)/C(=C/c4ccccc4F)NC(=O)c4ccccc4)cc3)sc2c1. The molecule has 0 spiro atoms. The van der Waals surface area contributed by atoms with Gasteiger partial charge in [0.25, 0.3) is 11.8 Å². The van der Waals surface area contributed by atoms with E-state index in [4.69, 9.17) is 4.74 Å². The molecule has 0 saturated heterocycles. The van der Waals surface area contributed by atoms with E-state index in [-0.39, 0.29) is 22.9 Å². The minimum Gasteiger partial charge on any atom is -0.497 e. The summed E-state index contributed by atoms with van der Waals surface area (Å²) >= 11 is 2.69. The molecule has 0 unspecified atom stereocenters. The van der Waals surface area contributed by atoms with Crippen LogP contribution >= 0.6 is 23.1 Å². The molecule has 8 nitrogen and oxygen atoms in total. The maximum Gasteiger partial charge on any atom is 0.272 e. The first-order chi connectivity index (χ1) is 20.9. The molecule has 4 aromatic carbocycles. The Labute approximate surface area is 255 Å². The van der Waals surface area contributed by atoms with Gasteiger partial charge >= 0.3 is 0 Å². The molecule has 0 radical (unpaired) electrons. The Bertz CT molecular complexity index is 1810. The highest BCUT2D eigenvalue weighted by Crippen LogP contribution is 2.29. The lowest BCUT2D eigenvalue weighted by Crippen LogP contribution is -2.30. The van der Waals surface area contributed by atoms with E-state index in [1.165, 1.54) is 47.4 Å². The Morgan fingerprint density at radius 3 is 2.42 bits per heavy atom. The van der Waals surface area contributed by atoms with Crippen LogP contribution in [-0.4, -0.2) is 35.6 Å². The molecule has 1 heterocycles. The van der Waals surface area contributed by atoms with Crippen molar-refractivity contribution in [3.05, 3.63) is 120 Å². The van der Waals surface area contributed by atoms with Crippen LogP contribution in [0.1, 0.15) is 15.9 Å². The van der Waals surface area contributed by atoms with Gasteiger partial charge < -0.3 is 20.7 Å². The molecule has 1 aromatic heterocycles. The zero-order valence-corrected chi connectivity index (χ0v) is 24.4. The van der Waals surface area contributed by atoms with Crippen molar-refractivity contribution in [1.82, 2.24) is 10.3 Å². The maximum atomic E-state index is 14.3. The smallest absolute Gasteiger partial charge is 0.272 e. The summed E-state index contributed by atoms with van der Waals surface area (Å²) in [6.45, 7) is 0. The number of rotatable bonds is 10. The standard InChI is InChI=1S/C32H25FN4O4S2/c1-41-23-13-16-26-28(18-23)43-32(36-26)37-29(38)19-42-24-14-11-22(12-15-24)34-31(40)27(17-21-9-5-6-10-25(21)33)35-30(39)20-7-3-2-4-8-20/h2-18H,19H2,1H3,(H,34,40)(H,35,39)(H,36,37,38)/b27-17-. The average Bonchev–Trinajstić information content (AvgIpc) is 3.43. The Hall–Kier alpha value is -5.00. The van der Waals surface area contributed by atoms with E-state index in [1.807, 2.05) is 18.2 Å². The molecule has 3 amide bonds. The fraction of sp³-hybridized carbons (Fsp3) is 0.0625. The van der Waals surface area contributed by atoms with E-state index in [2.05, 4.69) is 20.9 Å². The average molecular weight is 613 g/mol. The molecule has 3 N–H and O–H groups in total. The van der Waals surface area contributed by atoms with Gasteiger partial charge in [0.2, 0.25) is 5.91 Å². The molecular formula is C32H25FN4O4S2. The highest BCUT2D eigenvalue weighted by atomic mass is 32.2. The van der Waals surface area contributed by atoms with E-state index >= 15 is 0 Å². The Kier molecular flexibility index (Phi) is 9.45. The summed E-state index contributed by atoms with van der Waals surface area (Å²) in [7, 11) is 1.59. The summed E-state index contributed by atoms with van der Waals surface area (Å²) in [5.74, 6) is -0.986. The number of hydrogen-bond acceptors (Lipinski definition) is 7. The molecule has 5 rings (SSSR count). The van der Waals surface area contributed by atoms with Gasteiger partial charge in [0.05, 0.1) is 23.1 Å². The van der Waals surface area contributed by atoms with Gasteiger partial charge in [-0.15, -0.1) is 11.8 Å². The van der Waals surface area contributed by atoms with E-state index in [1.54, 1.807) is 67.8 Å². The third kappa shape index (κ3) is 7.85. The van der Waals surface area contributed by atoms with Crippen molar-refractivity contribution in [3.63, 3.8) is 0 Å². The van der Waals surface area contributed by atoms with Crippen LogP contribution in [0.25, 0.3) is 16.3 Å². The van der Waals surface area contributed by atoms with Crippen LogP contribution in [0.15, 0.2) is 108 Å².